The first kappa shape index (κ1) is 27.0. The van der Waals surface area contributed by atoms with Crippen LogP contribution in [0.25, 0.3) is 0 Å². The van der Waals surface area contributed by atoms with Crippen molar-refractivity contribution in [3.05, 3.63) is 79.4 Å². The van der Waals surface area contributed by atoms with Crippen LogP contribution >= 0.6 is 69.6 Å². The molecule has 2 atom stereocenters. The second kappa shape index (κ2) is 10.0. The Kier molecular flexibility index (Phi) is 7.50. The van der Waals surface area contributed by atoms with Crippen molar-refractivity contribution in [1.29, 1.82) is 0 Å². The maximum absolute atomic E-state index is 14.1. The maximum Gasteiger partial charge on any atom is 0.258 e. The highest BCUT2D eigenvalue weighted by Gasteiger charge is 2.67. The van der Waals surface area contributed by atoms with Crippen LogP contribution in [0.2, 0.25) is 20.1 Å². The lowest BCUT2D eigenvalue weighted by atomic mass is 10.1. The molecule has 6 nitrogen and oxygen atoms in total. The minimum absolute atomic E-state index is 0.0141. The van der Waals surface area contributed by atoms with Gasteiger partial charge in [-0.1, -0.05) is 46.4 Å². The summed E-state index contributed by atoms with van der Waals surface area (Å²) in [6.07, 6.45) is 0.657. The van der Waals surface area contributed by atoms with E-state index in [1.54, 1.807) is 0 Å². The molecule has 188 valence electrons. The third-order valence-electron chi connectivity index (χ3n) is 5.42. The average molecular weight is 615 g/mol. The summed E-state index contributed by atoms with van der Waals surface area (Å²) < 4.78 is 26.0. The van der Waals surface area contributed by atoms with E-state index >= 15 is 0 Å². The van der Waals surface area contributed by atoms with E-state index in [9.17, 15) is 18.4 Å². The number of alkyl halides is 2. The molecule has 0 aliphatic heterocycles. The normalized spacial score (nSPS) is 18.0. The van der Waals surface area contributed by atoms with Crippen LogP contribution in [-0.4, -0.2) is 21.1 Å². The number of amides is 2. The molecule has 14 heteroatoms. The Morgan fingerprint density at radius 1 is 0.972 bits per heavy atom. The minimum Gasteiger partial charge on any atom is -0.394 e. The van der Waals surface area contributed by atoms with Crippen molar-refractivity contribution >= 4 is 98.6 Å². The topological polar surface area (TPSA) is 97.1 Å². The monoisotopic (exact) mass is 612 g/mol. The maximum atomic E-state index is 14.1. The molecule has 0 saturated heterocycles. The van der Waals surface area contributed by atoms with E-state index in [-0.39, 0.29) is 31.3 Å². The standard InChI is InChI=1S/C22H12Cl6F2N4O2/c23-10-2-1-8(5-9(10)20(35)34-19-17(30)18(31)13(29)6-32-19)33-21(36)15-14(22(15,27)28)7-3-11(24)16(26)12(25)4-7/h1-6,14-15H,(H,33,36)(H3,31,32,34,35)/t14-,15+/m0/s1. The average Bonchev–Trinajstić information content (AvgIpc) is 3.40. The summed E-state index contributed by atoms with van der Waals surface area (Å²) in [5.74, 6) is -5.88. The highest BCUT2D eigenvalue weighted by atomic mass is 35.5. The number of hydrogen-bond donors (Lipinski definition) is 3. The van der Waals surface area contributed by atoms with E-state index in [1.165, 1.54) is 30.3 Å². The molecule has 4 N–H and O–H groups in total. The van der Waals surface area contributed by atoms with Gasteiger partial charge >= 0.3 is 0 Å². The fourth-order valence-electron chi connectivity index (χ4n) is 3.56. The number of pyridine rings is 1. The van der Waals surface area contributed by atoms with Gasteiger partial charge in [-0.2, -0.15) is 0 Å². The summed E-state index contributed by atoms with van der Waals surface area (Å²) in [5.41, 5.74) is 5.03. The first-order valence-electron chi connectivity index (χ1n) is 9.86. The zero-order chi connectivity index (χ0) is 26.5. The van der Waals surface area contributed by atoms with Gasteiger partial charge in [0.1, 0.15) is 10.0 Å². The predicted octanol–water partition coefficient (Wildman–Crippen LogP) is 7.33. The SMILES string of the molecule is Nc1c(F)cnc(NC(=O)c2cc(NC(=O)[C@H]3[C@H](c4cc(Cl)c(Cl)c(Cl)c4)C3(Cl)Cl)ccc2Cl)c1F. The van der Waals surface area contributed by atoms with Crippen molar-refractivity contribution in [2.75, 3.05) is 16.4 Å². The summed E-state index contributed by atoms with van der Waals surface area (Å²) in [4.78, 5) is 29.1. The predicted molar refractivity (Wildman–Crippen MR) is 139 cm³/mol. The number of hydrogen-bond acceptors (Lipinski definition) is 4. The molecule has 36 heavy (non-hydrogen) atoms. The Morgan fingerprint density at radius 2 is 1.61 bits per heavy atom. The second-order valence-electron chi connectivity index (χ2n) is 7.75. The van der Waals surface area contributed by atoms with Gasteiger partial charge in [-0.15, -0.1) is 23.2 Å². The van der Waals surface area contributed by atoms with Gasteiger partial charge in [0, 0.05) is 11.6 Å². The Labute approximate surface area is 232 Å². The minimum atomic E-state index is -1.46. The van der Waals surface area contributed by atoms with Crippen molar-refractivity contribution in [3.8, 4) is 0 Å². The van der Waals surface area contributed by atoms with Crippen LogP contribution in [-0.2, 0) is 4.79 Å². The molecule has 1 saturated carbocycles. The Balaban J connectivity index is 1.53. The van der Waals surface area contributed by atoms with Gasteiger partial charge in [-0.05, 0) is 35.9 Å². The number of anilines is 3. The molecule has 1 fully saturated rings. The number of nitrogens with zero attached hydrogens (tertiary/aromatic N) is 1. The van der Waals surface area contributed by atoms with E-state index < -0.39 is 51.1 Å². The molecule has 1 aliphatic rings. The third kappa shape index (κ3) is 5.03. The van der Waals surface area contributed by atoms with Crippen LogP contribution in [0.3, 0.4) is 0 Å². The molecule has 1 heterocycles. The zero-order valence-corrected chi connectivity index (χ0v) is 22.0. The van der Waals surface area contributed by atoms with E-state index in [0.29, 0.717) is 11.8 Å². The smallest absolute Gasteiger partial charge is 0.258 e. The summed E-state index contributed by atoms with van der Waals surface area (Å²) in [7, 11) is 0. The van der Waals surface area contributed by atoms with Crippen LogP contribution in [0.4, 0.5) is 26.0 Å². The van der Waals surface area contributed by atoms with Crippen molar-refractivity contribution in [1.82, 2.24) is 4.98 Å². The zero-order valence-electron chi connectivity index (χ0n) is 17.5. The molecule has 1 aliphatic carbocycles. The van der Waals surface area contributed by atoms with Gasteiger partial charge < -0.3 is 16.4 Å². The highest BCUT2D eigenvalue weighted by molar-refractivity contribution is 6.54. The van der Waals surface area contributed by atoms with E-state index in [4.69, 9.17) is 75.3 Å². The fraction of sp³-hybridized carbons (Fsp3) is 0.136. The second-order valence-corrected chi connectivity index (χ2v) is 10.8. The molecule has 0 unspecified atom stereocenters. The molecular formula is C22H12Cl6F2N4O2. The lowest BCUT2D eigenvalue weighted by molar-refractivity contribution is -0.117. The van der Waals surface area contributed by atoms with Crippen molar-refractivity contribution in [2.45, 2.75) is 10.3 Å². The molecule has 1 aromatic heterocycles. The van der Waals surface area contributed by atoms with Crippen LogP contribution in [0, 0.1) is 17.6 Å². The number of benzene rings is 2. The van der Waals surface area contributed by atoms with Crippen molar-refractivity contribution in [2.24, 2.45) is 5.92 Å². The number of carbonyl (C=O) groups excluding carboxylic acids is 2. The van der Waals surface area contributed by atoms with Gasteiger partial charge in [-0.25, -0.2) is 13.8 Å². The van der Waals surface area contributed by atoms with Gasteiger partial charge in [0.15, 0.2) is 17.5 Å². The molecule has 4 rings (SSSR count). The summed E-state index contributed by atoms with van der Waals surface area (Å²) in [6.45, 7) is 0. The van der Waals surface area contributed by atoms with Crippen LogP contribution in [0.15, 0.2) is 36.5 Å². The first-order valence-corrected chi connectivity index (χ1v) is 12.1. The molecule has 0 spiro atoms. The van der Waals surface area contributed by atoms with Gasteiger partial charge in [0.2, 0.25) is 5.91 Å². The van der Waals surface area contributed by atoms with E-state index in [2.05, 4.69) is 15.6 Å². The molecule has 2 amide bonds. The Hall–Kier alpha value is -2.07. The van der Waals surface area contributed by atoms with Crippen LogP contribution in [0.1, 0.15) is 21.8 Å². The quantitative estimate of drug-likeness (QED) is 0.207. The van der Waals surface area contributed by atoms with Crippen LogP contribution < -0.4 is 16.4 Å². The number of rotatable bonds is 5. The number of nitrogens with one attached hydrogen (secondary N) is 2. The summed E-state index contributed by atoms with van der Waals surface area (Å²) in [5, 5.41) is 5.27. The van der Waals surface area contributed by atoms with E-state index in [1.807, 2.05) is 0 Å². The molecular weight excluding hydrogens is 603 g/mol. The van der Waals surface area contributed by atoms with Crippen LogP contribution in [0.5, 0.6) is 0 Å². The lowest BCUT2D eigenvalue weighted by Crippen LogP contribution is -2.19. The highest BCUT2D eigenvalue weighted by Crippen LogP contribution is 2.65. The first-order chi connectivity index (χ1) is 16.8. The number of halogens is 8. The van der Waals surface area contributed by atoms with E-state index in [0.717, 1.165) is 0 Å². The van der Waals surface area contributed by atoms with Gasteiger partial charge in [-0.3, -0.25) is 9.59 Å². The largest absolute Gasteiger partial charge is 0.394 e. The molecule has 0 radical (unpaired) electrons. The van der Waals surface area contributed by atoms with Crippen molar-refractivity contribution < 1.29 is 18.4 Å². The molecule has 3 aromatic rings. The Morgan fingerprint density at radius 3 is 2.25 bits per heavy atom. The molecule has 0 bridgehead atoms. The fourth-order valence-corrected chi connectivity index (χ4v) is 5.21. The number of carbonyl (C=O) groups is 2. The Bertz CT molecular complexity index is 1400. The van der Waals surface area contributed by atoms with Gasteiger partial charge in [0.05, 0.1) is 37.8 Å². The van der Waals surface area contributed by atoms with Gasteiger partial charge in [0.25, 0.3) is 5.91 Å². The number of nitrogens with two attached hydrogens (primary N) is 1. The summed E-state index contributed by atoms with van der Waals surface area (Å²) >= 11 is 37.0. The number of aromatic nitrogens is 1. The number of nitrogen functional groups attached to an aromatic ring is 1. The summed E-state index contributed by atoms with van der Waals surface area (Å²) in [6, 6.07) is 7.06. The van der Waals surface area contributed by atoms with Crippen molar-refractivity contribution in [3.63, 3.8) is 0 Å². The third-order valence-corrected chi connectivity index (χ3v) is 7.89. The lowest BCUT2D eigenvalue weighted by Gasteiger charge is -2.11. The molecule has 2 aromatic carbocycles.